The van der Waals surface area contributed by atoms with Gasteiger partial charge in [-0.05, 0) is 28.7 Å². The predicted octanol–water partition coefficient (Wildman–Crippen LogP) is 4.89. The highest BCUT2D eigenvalue weighted by molar-refractivity contribution is 5.50. The Hall–Kier alpha value is -3.19. The van der Waals surface area contributed by atoms with Crippen molar-refractivity contribution in [3.8, 4) is 6.07 Å². The summed E-state index contributed by atoms with van der Waals surface area (Å²) in [6.07, 6.45) is 2.36. The molecule has 0 aromatic heterocycles. The van der Waals surface area contributed by atoms with Crippen molar-refractivity contribution in [3.63, 3.8) is 0 Å². The first-order valence-electron chi connectivity index (χ1n) is 10.4. The van der Waals surface area contributed by atoms with Crippen molar-refractivity contribution in [3.05, 3.63) is 119 Å². The first-order valence-corrected chi connectivity index (χ1v) is 10.4. The fourth-order valence-electron chi connectivity index (χ4n) is 4.62. The third-order valence-electron chi connectivity index (χ3n) is 5.98. The largest absolute Gasteiger partial charge is 0.389 e. The van der Waals surface area contributed by atoms with Crippen molar-refractivity contribution in [1.29, 1.82) is 5.26 Å². The fourth-order valence-corrected chi connectivity index (χ4v) is 4.62. The van der Waals surface area contributed by atoms with E-state index in [9.17, 15) is 5.11 Å². The fraction of sp³-hybridized carbons (Fsp3) is 0.222. The van der Waals surface area contributed by atoms with Gasteiger partial charge in [0.15, 0.2) is 0 Å². The van der Waals surface area contributed by atoms with Crippen molar-refractivity contribution in [2.45, 2.75) is 24.5 Å². The van der Waals surface area contributed by atoms with E-state index in [0.717, 1.165) is 12.1 Å². The SMILES string of the molecule is N#CC/C=C1/CN(C(c2ccccc2)(c2ccccc2)c2ccccc2)CCC1O. The maximum absolute atomic E-state index is 10.6. The zero-order valence-electron chi connectivity index (χ0n) is 17.0. The molecule has 3 aromatic rings. The second kappa shape index (κ2) is 9.09. The van der Waals surface area contributed by atoms with Crippen LogP contribution in [0.15, 0.2) is 103 Å². The molecule has 1 atom stereocenters. The van der Waals surface area contributed by atoms with Gasteiger partial charge in [-0.3, -0.25) is 4.90 Å². The number of rotatable bonds is 5. The van der Waals surface area contributed by atoms with E-state index in [1.807, 2.05) is 24.3 Å². The second-order valence-electron chi connectivity index (χ2n) is 7.68. The number of aliphatic hydroxyl groups is 1. The van der Waals surface area contributed by atoms with Gasteiger partial charge in [0.2, 0.25) is 0 Å². The molecule has 1 unspecified atom stereocenters. The summed E-state index contributed by atoms with van der Waals surface area (Å²) in [7, 11) is 0. The molecular weight excluding hydrogens is 368 g/mol. The molecule has 30 heavy (non-hydrogen) atoms. The molecule has 0 saturated carbocycles. The van der Waals surface area contributed by atoms with E-state index in [1.165, 1.54) is 16.7 Å². The molecule has 4 rings (SSSR count). The molecule has 1 aliphatic rings. The Balaban J connectivity index is 1.95. The van der Waals surface area contributed by atoms with Crippen LogP contribution in [0.25, 0.3) is 0 Å². The molecule has 0 spiro atoms. The quantitative estimate of drug-likeness (QED) is 0.495. The molecule has 0 aliphatic carbocycles. The zero-order chi connectivity index (χ0) is 20.8. The van der Waals surface area contributed by atoms with Crippen LogP contribution in [0.2, 0.25) is 0 Å². The molecule has 3 heteroatoms. The van der Waals surface area contributed by atoms with E-state index >= 15 is 0 Å². The van der Waals surface area contributed by atoms with Gasteiger partial charge in [-0.1, -0.05) is 97.1 Å². The summed E-state index contributed by atoms with van der Waals surface area (Å²) in [6, 6.07) is 33.9. The van der Waals surface area contributed by atoms with Crippen molar-refractivity contribution >= 4 is 0 Å². The molecule has 3 nitrogen and oxygen atoms in total. The molecule has 1 aliphatic heterocycles. The van der Waals surface area contributed by atoms with E-state index in [1.54, 1.807) is 0 Å². The molecule has 3 aromatic carbocycles. The molecular formula is C27H26N2O. The lowest BCUT2D eigenvalue weighted by atomic mass is 9.74. The number of benzene rings is 3. The highest BCUT2D eigenvalue weighted by Gasteiger charge is 2.44. The lowest BCUT2D eigenvalue weighted by Crippen LogP contribution is -2.52. The van der Waals surface area contributed by atoms with Crippen LogP contribution in [0.1, 0.15) is 29.5 Å². The van der Waals surface area contributed by atoms with Crippen molar-refractivity contribution in [2.24, 2.45) is 0 Å². The van der Waals surface area contributed by atoms with Gasteiger partial charge in [0.25, 0.3) is 0 Å². The van der Waals surface area contributed by atoms with Gasteiger partial charge in [-0.25, -0.2) is 0 Å². The van der Waals surface area contributed by atoms with Crippen molar-refractivity contribution < 1.29 is 5.11 Å². The first kappa shape index (κ1) is 20.1. The molecule has 0 radical (unpaired) electrons. The number of likely N-dealkylation sites (tertiary alicyclic amines) is 1. The summed E-state index contributed by atoms with van der Waals surface area (Å²) in [4.78, 5) is 2.45. The third-order valence-corrected chi connectivity index (χ3v) is 5.98. The minimum Gasteiger partial charge on any atom is -0.389 e. The van der Waals surface area contributed by atoms with Crippen LogP contribution in [0.4, 0.5) is 0 Å². The Labute approximate surface area is 178 Å². The van der Waals surface area contributed by atoms with Gasteiger partial charge in [0.05, 0.1) is 24.1 Å². The van der Waals surface area contributed by atoms with Gasteiger partial charge in [0, 0.05) is 13.1 Å². The lowest BCUT2D eigenvalue weighted by Gasteiger charge is -2.48. The molecule has 150 valence electrons. The number of hydrogen-bond donors (Lipinski definition) is 1. The van der Waals surface area contributed by atoms with E-state index < -0.39 is 11.6 Å². The smallest absolute Gasteiger partial charge is 0.0975 e. The summed E-state index contributed by atoms with van der Waals surface area (Å²) < 4.78 is 0. The number of nitriles is 1. The molecule has 1 fully saturated rings. The van der Waals surface area contributed by atoms with Crippen LogP contribution in [0.5, 0.6) is 0 Å². The third kappa shape index (κ3) is 3.68. The van der Waals surface area contributed by atoms with Crippen LogP contribution < -0.4 is 0 Å². The standard InChI is InChI=1S/C27H26N2O/c28-19-10-11-22-21-29(20-18-26(22)30)27(23-12-4-1-5-13-23,24-14-6-2-7-15-24)25-16-8-3-9-17-25/h1-9,11-17,26,30H,10,18,20-21H2/b22-11-. The molecule has 0 bridgehead atoms. The minimum atomic E-state index is -0.491. The molecule has 1 heterocycles. The highest BCUT2D eigenvalue weighted by Crippen LogP contribution is 2.44. The maximum atomic E-state index is 10.6. The summed E-state index contributed by atoms with van der Waals surface area (Å²) in [5, 5.41) is 19.6. The van der Waals surface area contributed by atoms with Crippen molar-refractivity contribution in [1.82, 2.24) is 4.90 Å². The van der Waals surface area contributed by atoms with Crippen molar-refractivity contribution in [2.75, 3.05) is 13.1 Å². The summed E-state index contributed by atoms with van der Waals surface area (Å²) in [6.45, 7) is 1.37. The van der Waals surface area contributed by atoms with Crippen LogP contribution in [-0.2, 0) is 5.54 Å². The zero-order valence-corrected chi connectivity index (χ0v) is 17.0. The Morgan fingerprint density at radius 2 is 1.33 bits per heavy atom. The number of hydrogen-bond acceptors (Lipinski definition) is 3. The topological polar surface area (TPSA) is 47.3 Å². The Bertz CT molecular complexity index is 926. The van der Waals surface area contributed by atoms with Crippen LogP contribution in [-0.4, -0.2) is 29.2 Å². The summed E-state index contributed by atoms with van der Waals surface area (Å²) >= 11 is 0. The minimum absolute atomic E-state index is 0.315. The normalized spacial score (nSPS) is 18.8. The first-order chi connectivity index (χ1) is 14.8. The molecule has 1 N–H and O–H groups in total. The molecule has 0 amide bonds. The van der Waals surface area contributed by atoms with Gasteiger partial charge < -0.3 is 5.11 Å². The average molecular weight is 395 g/mol. The Kier molecular flexibility index (Phi) is 6.09. The van der Waals surface area contributed by atoms with E-state index in [-0.39, 0.29) is 0 Å². The average Bonchev–Trinajstić information content (AvgIpc) is 2.82. The second-order valence-corrected chi connectivity index (χ2v) is 7.68. The highest BCUT2D eigenvalue weighted by atomic mass is 16.3. The maximum Gasteiger partial charge on any atom is 0.0975 e. The monoisotopic (exact) mass is 394 g/mol. The number of aliphatic hydroxyl groups excluding tert-OH is 1. The van der Waals surface area contributed by atoms with Crippen LogP contribution >= 0.6 is 0 Å². The predicted molar refractivity (Wildman–Crippen MR) is 120 cm³/mol. The Morgan fingerprint density at radius 1 is 0.867 bits per heavy atom. The number of piperidine rings is 1. The number of allylic oxidation sites excluding steroid dienone is 1. The van der Waals surface area contributed by atoms with Gasteiger partial charge in [0.1, 0.15) is 0 Å². The van der Waals surface area contributed by atoms with Crippen LogP contribution in [0, 0.1) is 11.3 Å². The van der Waals surface area contributed by atoms with Crippen LogP contribution in [0.3, 0.4) is 0 Å². The van der Waals surface area contributed by atoms with Gasteiger partial charge >= 0.3 is 0 Å². The van der Waals surface area contributed by atoms with Gasteiger partial charge in [-0.15, -0.1) is 0 Å². The Morgan fingerprint density at radius 3 is 1.77 bits per heavy atom. The number of nitrogens with zero attached hydrogens (tertiary/aromatic N) is 2. The van der Waals surface area contributed by atoms with Gasteiger partial charge in [-0.2, -0.15) is 5.26 Å². The van der Waals surface area contributed by atoms with E-state index in [2.05, 4.69) is 83.8 Å². The van der Waals surface area contributed by atoms with E-state index in [0.29, 0.717) is 19.4 Å². The molecule has 1 saturated heterocycles. The summed E-state index contributed by atoms with van der Waals surface area (Å²) in [5.74, 6) is 0. The van der Waals surface area contributed by atoms with E-state index in [4.69, 9.17) is 5.26 Å². The lowest BCUT2D eigenvalue weighted by molar-refractivity contribution is 0.0858. The summed E-state index contributed by atoms with van der Waals surface area (Å²) in [5.41, 5.74) is 4.01.